The molecule has 8 heteroatoms. The molecule has 2 N–H and O–H groups in total. The normalized spacial score (nSPS) is 19.2. The molecule has 2 heterocycles. The van der Waals surface area contributed by atoms with E-state index in [0.29, 0.717) is 17.1 Å². The van der Waals surface area contributed by atoms with E-state index in [1.807, 2.05) is 41.3 Å². The minimum Gasteiger partial charge on any atom is -0.477 e. The summed E-state index contributed by atoms with van der Waals surface area (Å²) >= 11 is 0. The molecule has 0 bridgehead atoms. The van der Waals surface area contributed by atoms with Crippen LogP contribution in [0.25, 0.3) is 0 Å². The van der Waals surface area contributed by atoms with Gasteiger partial charge in [-0.2, -0.15) is 0 Å². The third-order valence-corrected chi connectivity index (χ3v) is 5.48. The summed E-state index contributed by atoms with van der Waals surface area (Å²) in [6.45, 7) is 3.66. The number of fused-ring (bicyclic) bond motifs is 2. The summed E-state index contributed by atoms with van der Waals surface area (Å²) in [5, 5.41) is 5.46. The van der Waals surface area contributed by atoms with Gasteiger partial charge in [-0.15, -0.1) is 0 Å². The first-order valence-corrected chi connectivity index (χ1v) is 9.78. The van der Waals surface area contributed by atoms with Gasteiger partial charge in [0.2, 0.25) is 11.8 Å². The van der Waals surface area contributed by atoms with Crippen LogP contribution in [0.5, 0.6) is 5.75 Å². The first-order valence-electron chi connectivity index (χ1n) is 9.78. The number of carbonyl (C=O) groups is 3. The molecule has 8 nitrogen and oxygen atoms in total. The van der Waals surface area contributed by atoms with Gasteiger partial charge in [-0.1, -0.05) is 24.3 Å². The maximum Gasteiger partial charge on any atom is 0.262 e. The smallest absolute Gasteiger partial charge is 0.262 e. The van der Waals surface area contributed by atoms with E-state index >= 15 is 0 Å². The number of para-hydroxylation sites is 4. The number of ether oxygens (including phenoxy) is 1. The first-order chi connectivity index (χ1) is 14.3. The van der Waals surface area contributed by atoms with Gasteiger partial charge in [0, 0.05) is 7.05 Å². The maximum atomic E-state index is 13.5. The number of benzene rings is 2. The monoisotopic (exact) mass is 408 g/mol. The van der Waals surface area contributed by atoms with E-state index in [1.54, 1.807) is 33.0 Å². The van der Waals surface area contributed by atoms with Crippen LogP contribution in [0.3, 0.4) is 0 Å². The van der Waals surface area contributed by atoms with Gasteiger partial charge in [-0.25, -0.2) is 0 Å². The zero-order valence-electron chi connectivity index (χ0n) is 17.1. The molecule has 1 atom stereocenters. The fourth-order valence-corrected chi connectivity index (χ4v) is 3.89. The summed E-state index contributed by atoms with van der Waals surface area (Å²) in [5.41, 5.74) is 0.924. The second kappa shape index (κ2) is 7.37. The zero-order chi connectivity index (χ0) is 21.5. The van der Waals surface area contributed by atoms with Gasteiger partial charge in [0.05, 0.1) is 30.2 Å². The quantitative estimate of drug-likeness (QED) is 0.808. The van der Waals surface area contributed by atoms with Crippen molar-refractivity contribution in [2.45, 2.75) is 25.5 Å². The fourth-order valence-electron chi connectivity index (χ4n) is 3.89. The average Bonchev–Trinajstić information content (AvgIpc) is 2.73. The molecule has 0 saturated heterocycles. The molecule has 2 aliphatic heterocycles. The molecule has 2 aliphatic rings. The number of nitrogens with zero attached hydrogens (tertiary/aromatic N) is 2. The van der Waals surface area contributed by atoms with E-state index in [-0.39, 0.29) is 30.8 Å². The summed E-state index contributed by atoms with van der Waals surface area (Å²) in [6, 6.07) is 14.5. The highest BCUT2D eigenvalue weighted by molar-refractivity contribution is 6.14. The highest BCUT2D eigenvalue weighted by Gasteiger charge is 2.44. The highest BCUT2D eigenvalue weighted by Crippen LogP contribution is 2.38. The van der Waals surface area contributed by atoms with Gasteiger partial charge < -0.3 is 20.3 Å². The van der Waals surface area contributed by atoms with Gasteiger partial charge >= 0.3 is 0 Å². The topological polar surface area (TPSA) is 91.0 Å². The molecule has 0 aromatic heterocycles. The van der Waals surface area contributed by atoms with E-state index in [9.17, 15) is 14.4 Å². The molecular weight excluding hydrogens is 384 g/mol. The molecule has 1 unspecified atom stereocenters. The fraction of sp³-hybridized carbons (Fsp3) is 0.318. The van der Waals surface area contributed by atoms with Crippen molar-refractivity contribution in [1.29, 1.82) is 0 Å². The Hall–Kier alpha value is -3.55. The number of anilines is 3. The van der Waals surface area contributed by atoms with Crippen LogP contribution >= 0.6 is 0 Å². The summed E-state index contributed by atoms with van der Waals surface area (Å²) in [7, 11) is 1.55. The summed E-state index contributed by atoms with van der Waals surface area (Å²) in [6.07, 6.45) is -0.734. The molecule has 0 spiro atoms. The number of rotatable bonds is 3. The molecule has 4 rings (SSSR count). The number of hydrogen-bond donors (Lipinski definition) is 2. The van der Waals surface area contributed by atoms with Crippen LogP contribution in [-0.4, -0.2) is 49.5 Å². The molecule has 2 aromatic carbocycles. The lowest BCUT2D eigenvalue weighted by Gasteiger charge is -2.43. The molecule has 0 saturated carbocycles. The molecule has 0 fully saturated rings. The van der Waals surface area contributed by atoms with E-state index in [0.717, 1.165) is 5.69 Å². The van der Waals surface area contributed by atoms with Crippen LogP contribution in [0, 0.1) is 0 Å². The lowest BCUT2D eigenvalue weighted by Crippen LogP contribution is -2.61. The third kappa shape index (κ3) is 3.24. The number of nitrogens with one attached hydrogen (secondary N) is 2. The Morgan fingerprint density at radius 1 is 1.13 bits per heavy atom. The Kier molecular flexibility index (Phi) is 4.85. The van der Waals surface area contributed by atoms with Gasteiger partial charge in [-0.05, 0) is 38.1 Å². The standard InChI is InChI=1S/C22H24N4O4/c1-22(2)21(29)24-14-8-4-5-9-15(14)26(22)19(27)13-25-12-18(20(28)23-3)30-17-11-7-6-10-16(17)25/h4-11,18H,12-13H2,1-3H3,(H,23,28)(H,24,29). The van der Waals surface area contributed by atoms with Gasteiger partial charge in [0.25, 0.3) is 5.91 Å². The van der Waals surface area contributed by atoms with Crippen LogP contribution in [0.15, 0.2) is 48.5 Å². The maximum absolute atomic E-state index is 13.5. The Labute approximate surface area is 174 Å². The Bertz CT molecular complexity index is 1020. The molecular formula is C22H24N4O4. The summed E-state index contributed by atoms with van der Waals surface area (Å²) < 4.78 is 5.81. The molecule has 0 radical (unpaired) electrons. The van der Waals surface area contributed by atoms with E-state index in [4.69, 9.17) is 4.74 Å². The van der Waals surface area contributed by atoms with E-state index < -0.39 is 11.6 Å². The Balaban J connectivity index is 1.67. The predicted molar refractivity (Wildman–Crippen MR) is 114 cm³/mol. The molecule has 156 valence electrons. The van der Waals surface area contributed by atoms with Crippen molar-refractivity contribution in [2.24, 2.45) is 0 Å². The number of amides is 3. The van der Waals surface area contributed by atoms with Gasteiger partial charge in [-0.3, -0.25) is 19.3 Å². The Morgan fingerprint density at radius 2 is 1.80 bits per heavy atom. The van der Waals surface area contributed by atoms with Crippen LogP contribution in [0.4, 0.5) is 17.1 Å². The first kappa shape index (κ1) is 19.8. The van der Waals surface area contributed by atoms with Gasteiger partial charge in [0.1, 0.15) is 11.3 Å². The van der Waals surface area contributed by atoms with Crippen LogP contribution < -0.4 is 25.2 Å². The van der Waals surface area contributed by atoms with Crippen molar-refractivity contribution in [3.63, 3.8) is 0 Å². The van der Waals surface area contributed by atoms with Crippen molar-refractivity contribution in [1.82, 2.24) is 5.32 Å². The van der Waals surface area contributed by atoms with Crippen molar-refractivity contribution in [3.05, 3.63) is 48.5 Å². The highest BCUT2D eigenvalue weighted by atomic mass is 16.5. The van der Waals surface area contributed by atoms with Crippen molar-refractivity contribution >= 4 is 34.8 Å². The largest absolute Gasteiger partial charge is 0.477 e. The number of hydrogen-bond acceptors (Lipinski definition) is 5. The zero-order valence-corrected chi connectivity index (χ0v) is 17.1. The third-order valence-electron chi connectivity index (χ3n) is 5.48. The second-order valence-corrected chi connectivity index (χ2v) is 7.83. The van der Waals surface area contributed by atoms with Crippen LogP contribution in [-0.2, 0) is 14.4 Å². The molecule has 0 aliphatic carbocycles. The lowest BCUT2D eigenvalue weighted by molar-refractivity contribution is -0.128. The van der Waals surface area contributed by atoms with Crippen molar-refractivity contribution in [3.8, 4) is 5.75 Å². The van der Waals surface area contributed by atoms with Crippen LogP contribution in [0.1, 0.15) is 13.8 Å². The molecule has 3 amide bonds. The van der Waals surface area contributed by atoms with E-state index in [2.05, 4.69) is 10.6 Å². The summed E-state index contributed by atoms with van der Waals surface area (Å²) in [4.78, 5) is 41.8. The van der Waals surface area contributed by atoms with Crippen LogP contribution in [0.2, 0.25) is 0 Å². The lowest BCUT2D eigenvalue weighted by atomic mass is 9.96. The number of likely N-dealkylation sites (N-methyl/N-ethyl adjacent to an activating group) is 1. The molecule has 2 aromatic rings. The van der Waals surface area contributed by atoms with Crippen molar-refractivity contribution in [2.75, 3.05) is 35.3 Å². The number of carbonyl (C=O) groups excluding carboxylic acids is 3. The summed E-state index contributed by atoms with van der Waals surface area (Å²) in [5.74, 6) is -0.207. The van der Waals surface area contributed by atoms with Gasteiger partial charge in [0.15, 0.2) is 6.10 Å². The van der Waals surface area contributed by atoms with E-state index in [1.165, 1.54) is 4.90 Å². The minimum absolute atomic E-state index is 0.00108. The SMILES string of the molecule is CNC(=O)C1CN(CC(=O)N2c3ccccc3NC(=O)C2(C)C)c2ccccc2O1. The predicted octanol–water partition coefficient (Wildman–Crippen LogP) is 1.76. The minimum atomic E-state index is -1.06. The van der Waals surface area contributed by atoms with Crippen molar-refractivity contribution < 1.29 is 19.1 Å². The molecule has 30 heavy (non-hydrogen) atoms. The Morgan fingerprint density at radius 3 is 2.53 bits per heavy atom. The second-order valence-electron chi connectivity index (χ2n) is 7.83. The average molecular weight is 408 g/mol.